The molecule has 0 radical (unpaired) electrons. The Bertz CT molecular complexity index is 444. The Balaban J connectivity index is 3.34. The van der Waals surface area contributed by atoms with Gasteiger partial charge in [0.25, 0.3) is 0 Å². The highest BCUT2D eigenvalue weighted by molar-refractivity contribution is 6.19. The first-order chi connectivity index (χ1) is 8.16. The lowest BCUT2D eigenvalue weighted by Crippen LogP contribution is -2.11. The zero-order valence-corrected chi connectivity index (χ0v) is 9.50. The minimum absolute atomic E-state index is 0.0897. The van der Waals surface area contributed by atoms with Gasteiger partial charge in [0.05, 0.1) is 11.1 Å². The van der Waals surface area contributed by atoms with Crippen molar-refractivity contribution in [2.24, 2.45) is 0 Å². The highest BCUT2D eigenvalue weighted by Crippen LogP contribution is 2.36. The van der Waals surface area contributed by atoms with E-state index in [9.17, 15) is 26.3 Å². The molecule has 0 bridgehead atoms. The first kappa shape index (κ1) is 14.9. The van der Waals surface area contributed by atoms with Crippen molar-refractivity contribution in [1.29, 1.82) is 0 Å². The maximum atomic E-state index is 12.6. The van der Waals surface area contributed by atoms with Crippen LogP contribution in [0.3, 0.4) is 0 Å². The zero-order valence-electron chi connectivity index (χ0n) is 8.74. The molecule has 0 amide bonds. The molecule has 0 saturated carbocycles. The predicted octanol–water partition coefficient (Wildman–Crippen LogP) is 4.98. The molecule has 0 aromatic heterocycles. The molecule has 0 atom stereocenters. The quantitative estimate of drug-likeness (QED) is 0.532. The average Bonchev–Trinajstić information content (AvgIpc) is 2.23. The Morgan fingerprint density at radius 2 is 1.61 bits per heavy atom. The first-order valence-corrected chi connectivity index (χ1v) is 5.20. The molecule has 0 aliphatic rings. The Labute approximate surface area is 104 Å². The summed E-state index contributed by atoms with van der Waals surface area (Å²) < 4.78 is 74.8. The summed E-state index contributed by atoms with van der Waals surface area (Å²) >= 11 is 5.26. The van der Waals surface area contributed by atoms with Crippen molar-refractivity contribution in [3.8, 4) is 0 Å². The van der Waals surface area contributed by atoms with Crippen LogP contribution in [0.15, 0.2) is 24.3 Å². The summed E-state index contributed by atoms with van der Waals surface area (Å²) in [6.45, 7) is 0. The molecule has 18 heavy (non-hydrogen) atoms. The molecule has 0 N–H and O–H groups in total. The Morgan fingerprint density at radius 1 is 1.00 bits per heavy atom. The van der Waals surface area contributed by atoms with E-state index in [1.165, 1.54) is 0 Å². The number of allylic oxidation sites excluding steroid dienone is 1. The molecule has 0 spiro atoms. The first-order valence-electron chi connectivity index (χ1n) is 4.67. The molecule has 0 aliphatic heterocycles. The molecule has 1 rings (SSSR count). The highest BCUT2D eigenvalue weighted by Gasteiger charge is 2.36. The fourth-order valence-corrected chi connectivity index (χ4v) is 1.40. The summed E-state index contributed by atoms with van der Waals surface area (Å²) in [6.07, 6.45) is -7.33. The fourth-order valence-electron chi connectivity index (χ4n) is 1.31. The Kier molecular flexibility index (Phi) is 4.32. The maximum absolute atomic E-state index is 12.6. The number of hydrogen-bond donors (Lipinski definition) is 0. The molecular weight excluding hydrogens is 282 g/mol. The van der Waals surface area contributed by atoms with Crippen LogP contribution in [0.2, 0.25) is 0 Å². The molecule has 1 aromatic rings. The van der Waals surface area contributed by atoms with Crippen LogP contribution in [0.4, 0.5) is 26.3 Å². The van der Waals surface area contributed by atoms with E-state index in [2.05, 4.69) is 0 Å². The summed E-state index contributed by atoms with van der Waals surface area (Å²) in [5.41, 5.74) is -2.82. The van der Waals surface area contributed by atoms with E-state index >= 15 is 0 Å². The molecule has 1 aromatic carbocycles. The van der Waals surface area contributed by atoms with Gasteiger partial charge in [-0.2, -0.15) is 26.3 Å². The summed E-state index contributed by atoms with van der Waals surface area (Å²) in [7, 11) is 0. The second-order valence-electron chi connectivity index (χ2n) is 3.35. The molecule has 0 saturated heterocycles. The Morgan fingerprint density at radius 3 is 2.06 bits per heavy atom. The standard InChI is InChI=1S/C11H7ClF6/c12-5-1-2-7-6-8(10(13,14)15)3-4-9(7)11(16,17)18/h1-4,6H,5H2. The molecule has 100 valence electrons. The number of rotatable bonds is 2. The van der Waals surface area contributed by atoms with Crippen LogP contribution in [0.1, 0.15) is 16.7 Å². The van der Waals surface area contributed by atoms with Crippen molar-refractivity contribution in [3.63, 3.8) is 0 Å². The third-order valence-electron chi connectivity index (χ3n) is 2.07. The van der Waals surface area contributed by atoms with Gasteiger partial charge < -0.3 is 0 Å². The van der Waals surface area contributed by atoms with Crippen molar-refractivity contribution in [1.82, 2.24) is 0 Å². The van der Waals surface area contributed by atoms with Crippen molar-refractivity contribution in [2.75, 3.05) is 5.88 Å². The van der Waals surface area contributed by atoms with E-state index in [-0.39, 0.29) is 5.88 Å². The van der Waals surface area contributed by atoms with E-state index in [1.54, 1.807) is 0 Å². The van der Waals surface area contributed by atoms with E-state index < -0.39 is 29.0 Å². The van der Waals surface area contributed by atoms with Gasteiger partial charge in [0.2, 0.25) is 0 Å². The van der Waals surface area contributed by atoms with E-state index in [0.29, 0.717) is 18.2 Å². The summed E-state index contributed by atoms with van der Waals surface area (Å²) in [5.74, 6) is -0.0897. The fraction of sp³-hybridized carbons (Fsp3) is 0.273. The third kappa shape index (κ3) is 3.66. The monoisotopic (exact) mass is 288 g/mol. The van der Waals surface area contributed by atoms with Crippen molar-refractivity contribution in [2.45, 2.75) is 12.4 Å². The van der Waals surface area contributed by atoms with Gasteiger partial charge in [-0.3, -0.25) is 0 Å². The van der Waals surface area contributed by atoms with Gasteiger partial charge in [-0.25, -0.2) is 0 Å². The number of halogens is 7. The number of alkyl halides is 7. The lowest BCUT2D eigenvalue weighted by Gasteiger charge is -2.13. The van der Waals surface area contributed by atoms with Crippen LogP contribution in [0.25, 0.3) is 6.08 Å². The zero-order chi connectivity index (χ0) is 14.0. The molecule has 0 fully saturated rings. The lowest BCUT2D eigenvalue weighted by atomic mass is 10.0. The maximum Gasteiger partial charge on any atom is 0.416 e. The van der Waals surface area contributed by atoms with Crippen molar-refractivity contribution in [3.05, 3.63) is 41.0 Å². The van der Waals surface area contributed by atoms with Gasteiger partial charge in [-0.1, -0.05) is 12.2 Å². The van der Waals surface area contributed by atoms with E-state index in [0.717, 1.165) is 12.2 Å². The molecule has 0 heterocycles. The minimum atomic E-state index is -4.71. The van der Waals surface area contributed by atoms with Gasteiger partial charge in [0.1, 0.15) is 0 Å². The van der Waals surface area contributed by atoms with Crippen LogP contribution < -0.4 is 0 Å². The molecule has 0 nitrogen and oxygen atoms in total. The second-order valence-corrected chi connectivity index (χ2v) is 3.66. The summed E-state index contributed by atoms with van der Waals surface area (Å²) in [4.78, 5) is 0. The highest BCUT2D eigenvalue weighted by atomic mass is 35.5. The van der Waals surface area contributed by atoms with E-state index in [1.807, 2.05) is 0 Å². The van der Waals surface area contributed by atoms with Crippen molar-refractivity contribution < 1.29 is 26.3 Å². The third-order valence-corrected chi connectivity index (χ3v) is 2.25. The van der Waals surface area contributed by atoms with Crippen LogP contribution in [-0.4, -0.2) is 5.88 Å². The topological polar surface area (TPSA) is 0 Å². The number of benzene rings is 1. The summed E-state index contributed by atoms with van der Waals surface area (Å²) in [5, 5.41) is 0. The van der Waals surface area contributed by atoms with Gasteiger partial charge in [0.15, 0.2) is 0 Å². The SMILES string of the molecule is FC(F)(F)c1ccc(C(F)(F)F)c(C=CCCl)c1. The largest absolute Gasteiger partial charge is 0.416 e. The van der Waals surface area contributed by atoms with Gasteiger partial charge in [0, 0.05) is 5.88 Å². The molecular formula is C11H7ClF6. The minimum Gasteiger partial charge on any atom is -0.166 e. The lowest BCUT2D eigenvalue weighted by molar-refractivity contribution is -0.141. The van der Waals surface area contributed by atoms with Crippen molar-refractivity contribution >= 4 is 17.7 Å². The van der Waals surface area contributed by atoms with Crippen LogP contribution in [-0.2, 0) is 12.4 Å². The van der Waals surface area contributed by atoms with E-state index in [4.69, 9.17) is 11.6 Å². The van der Waals surface area contributed by atoms with Crippen LogP contribution in [0.5, 0.6) is 0 Å². The molecule has 0 unspecified atom stereocenters. The smallest absolute Gasteiger partial charge is 0.166 e. The average molecular weight is 289 g/mol. The summed E-state index contributed by atoms with van der Waals surface area (Å²) in [6, 6.07) is 1.27. The molecule has 7 heteroatoms. The van der Waals surface area contributed by atoms with Gasteiger partial charge in [-0.15, -0.1) is 11.6 Å². The van der Waals surface area contributed by atoms with Gasteiger partial charge >= 0.3 is 12.4 Å². The second kappa shape index (κ2) is 5.22. The predicted molar refractivity (Wildman–Crippen MR) is 56.2 cm³/mol. The van der Waals surface area contributed by atoms with Crippen LogP contribution >= 0.6 is 11.6 Å². The Hall–Kier alpha value is -1.17. The van der Waals surface area contributed by atoms with Crippen LogP contribution in [0, 0.1) is 0 Å². The number of hydrogen-bond acceptors (Lipinski definition) is 0. The molecule has 0 aliphatic carbocycles. The normalized spacial score (nSPS) is 13.3. The van der Waals surface area contributed by atoms with Gasteiger partial charge in [-0.05, 0) is 23.8 Å².